The van der Waals surface area contributed by atoms with E-state index in [9.17, 15) is 22.8 Å². The molecule has 0 saturated heterocycles. The fraction of sp³-hybridized carbons (Fsp3) is 0.167. The second-order valence-corrected chi connectivity index (χ2v) is 9.74. The molecule has 35 heavy (non-hydrogen) atoms. The largest absolute Gasteiger partial charge is 0.333 e. The summed E-state index contributed by atoms with van der Waals surface area (Å²) in [5.41, 5.74) is 0.266. The molecule has 0 aliphatic rings. The van der Waals surface area contributed by atoms with E-state index in [0.29, 0.717) is 16.8 Å². The Bertz CT molecular complexity index is 1750. The second kappa shape index (κ2) is 9.08. The predicted molar refractivity (Wildman–Crippen MR) is 131 cm³/mol. The Morgan fingerprint density at radius 3 is 2.43 bits per heavy atom. The Labute approximate surface area is 200 Å². The number of benzene rings is 2. The first kappa shape index (κ1) is 23.7. The molecule has 2 aromatic carbocycles. The zero-order valence-corrected chi connectivity index (χ0v) is 20.0. The van der Waals surface area contributed by atoms with E-state index >= 15 is 0 Å². The minimum Gasteiger partial charge on any atom is -0.322 e. The summed E-state index contributed by atoms with van der Waals surface area (Å²) < 4.78 is 27.4. The third-order valence-corrected chi connectivity index (χ3v) is 6.30. The van der Waals surface area contributed by atoms with Gasteiger partial charge in [0.05, 0.1) is 6.54 Å². The lowest BCUT2D eigenvalue weighted by Crippen LogP contribution is -2.38. The number of aromatic nitrogens is 4. The van der Waals surface area contributed by atoms with Gasteiger partial charge < -0.3 is 9.88 Å². The molecule has 0 fully saturated rings. The summed E-state index contributed by atoms with van der Waals surface area (Å²) in [6.45, 7) is -0.135. The summed E-state index contributed by atoms with van der Waals surface area (Å²) in [6, 6.07) is 15.7. The van der Waals surface area contributed by atoms with Crippen molar-refractivity contribution in [1.29, 1.82) is 0 Å². The summed E-state index contributed by atoms with van der Waals surface area (Å²) in [6.07, 6.45) is 0.977. The fourth-order valence-electron chi connectivity index (χ4n) is 3.57. The van der Waals surface area contributed by atoms with Gasteiger partial charge in [-0.15, -0.1) is 0 Å². The van der Waals surface area contributed by atoms with E-state index in [1.807, 2.05) is 6.07 Å². The number of amides is 1. The molecule has 1 N–H and O–H groups in total. The SMILES string of the molecule is Cn1c(=O)c2c(nc(S(C)(=O)=O)n2C)n(CC#Cc2cccc(NC(=O)c3ccccc3)c2)c1=O. The van der Waals surface area contributed by atoms with Crippen molar-refractivity contribution >= 4 is 32.6 Å². The lowest BCUT2D eigenvalue weighted by Gasteiger charge is -2.06. The van der Waals surface area contributed by atoms with Crippen molar-refractivity contribution in [2.24, 2.45) is 14.1 Å². The standard InChI is InChI=1S/C24H21N5O5S/c1-27-19-20(26-23(27)35(3,33)34)29(24(32)28(2)22(19)31)14-8-10-16-9-7-13-18(15-16)25-21(30)17-11-5-4-6-12-17/h4-7,9,11-13,15H,14H2,1-3H3,(H,25,30). The van der Waals surface area contributed by atoms with Crippen LogP contribution in [0.3, 0.4) is 0 Å². The monoisotopic (exact) mass is 491 g/mol. The molecule has 10 nitrogen and oxygen atoms in total. The molecule has 0 aliphatic carbocycles. The highest BCUT2D eigenvalue weighted by Gasteiger charge is 2.23. The van der Waals surface area contributed by atoms with Crippen LogP contribution in [0.1, 0.15) is 15.9 Å². The maximum absolute atomic E-state index is 12.7. The number of carbonyl (C=O) groups is 1. The van der Waals surface area contributed by atoms with Crippen LogP contribution < -0.4 is 16.6 Å². The van der Waals surface area contributed by atoms with Gasteiger partial charge in [-0.05, 0) is 30.3 Å². The summed E-state index contributed by atoms with van der Waals surface area (Å²) in [7, 11) is -1.02. The van der Waals surface area contributed by atoms with E-state index in [0.717, 1.165) is 20.0 Å². The van der Waals surface area contributed by atoms with Crippen LogP contribution in [0.25, 0.3) is 11.2 Å². The Balaban J connectivity index is 1.67. The average Bonchev–Trinajstić information content (AvgIpc) is 3.18. The van der Waals surface area contributed by atoms with Crippen LogP contribution >= 0.6 is 0 Å². The maximum Gasteiger partial charge on any atom is 0.333 e. The number of rotatable bonds is 4. The Kier molecular flexibility index (Phi) is 6.15. The van der Waals surface area contributed by atoms with E-state index in [4.69, 9.17) is 0 Å². The van der Waals surface area contributed by atoms with E-state index in [2.05, 4.69) is 22.1 Å². The number of anilines is 1. The third kappa shape index (κ3) is 4.64. The molecule has 4 aromatic rings. The number of nitrogens with zero attached hydrogens (tertiary/aromatic N) is 4. The van der Waals surface area contributed by atoms with Gasteiger partial charge in [-0.1, -0.05) is 36.1 Å². The molecular formula is C24H21N5O5S. The van der Waals surface area contributed by atoms with Crippen LogP contribution in [0.5, 0.6) is 0 Å². The molecule has 0 unspecified atom stereocenters. The Hall–Kier alpha value is -4.43. The van der Waals surface area contributed by atoms with E-state index in [-0.39, 0.29) is 28.8 Å². The predicted octanol–water partition coefficient (Wildman–Crippen LogP) is 1.14. The van der Waals surface area contributed by atoms with Crippen molar-refractivity contribution in [2.75, 3.05) is 11.6 Å². The Morgan fingerprint density at radius 1 is 1.03 bits per heavy atom. The normalized spacial score (nSPS) is 11.2. The molecule has 178 valence electrons. The molecule has 4 rings (SSSR count). The minimum absolute atomic E-state index is 0.0139. The number of hydrogen-bond donors (Lipinski definition) is 1. The van der Waals surface area contributed by atoms with Crippen LogP contribution in [0.15, 0.2) is 69.3 Å². The summed E-state index contributed by atoms with van der Waals surface area (Å²) in [5, 5.41) is 2.49. The summed E-state index contributed by atoms with van der Waals surface area (Å²) >= 11 is 0. The van der Waals surface area contributed by atoms with Crippen LogP contribution in [-0.2, 0) is 30.5 Å². The van der Waals surface area contributed by atoms with Crippen molar-refractivity contribution < 1.29 is 13.2 Å². The fourth-order valence-corrected chi connectivity index (χ4v) is 4.41. The van der Waals surface area contributed by atoms with Crippen LogP contribution in [-0.4, -0.2) is 39.3 Å². The van der Waals surface area contributed by atoms with Gasteiger partial charge >= 0.3 is 5.69 Å². The molecule has 0 atom stereocenters. The van der Waals surface area contributed by atoms with Gasteiger partial charge in [-0.2, -0.15) is 4.98 Å². The molecule has 0 radical (unpaired) electrons. The van der Waals surface area contributed by atoms with Gasteiger partial charge in [0.1, 0.15) is 0 Å². The van der Waals surface area contributed by atoms with Crippen molar-refractivity contribution in [2.45, 2.75) is 11.7 Å². The van der Waals surface area contributed by atoms with Crippen molar-refractivity contribution in [3.63, 3.8) is 0 Å². The molecule has 2 aromatic heterocycles. The van der Waals surface area contributed by atoms with Gasteiger partial charge in [-0.25, -0.2) is 13.2 Å². The van der Waals surface area contributed by atoms with E-state index in [1.54, 1.807) is 48.5 Å². The molecule has 0 saturated carbocycles. The summed E-state index contributed by atoms with van der Waals surface area (Å²) in [4.78, 5) is 41.8. The van der Waals surface area contributed by atoms with Crippen molar-refractivity contribution in [1.82, 2.24) is 18.7 Å². The number of carbonyl (C=O) groups excluding carboxylic acids is 1. The lowest BCUT2D eigenvalue weighted by atomic mass is 10.2. The van der Waals surface area contributed by atoms with Crippen LogP contribution in [0.4, 0.5) is 5.69 Å². The van der Waals surface area contributed by atoms with Crippen LogP contribution in [0.2, 0.25) is 0 Å². The van der Waals surface area contributed by atoms with Gasteiger partial charge in [0, 0.05) is 37.2 Å². The van der Waals surface area contributed by atoms with Crippen LogP contribution in [0, 0.1) is 11.8 Å². The lowest BCUT2D eigenvalue weighted by molar-refractivity contribution is 0.102. The number of hydrogen-bond acceptors (Lipinski definition) is 6. The topological polar surface area (TPSA) is 125 Å². The third-order valence-electron chi connectivity index (χ3n) is 5.27. The molecule has 11 heteroatoms. The smallest absolute Gasteiger partial charge is 0.322 e. The first-order valence-electron chi connectivity index (χ1n) is 10.4. The number of aryl methyl sites for hydroxylation is 1. The molecular weight excluding hydrogens is 470 g/mol. The number of imidazole rings is 1. The number of fused-ring (bicyclic) bond motifs is 1. The van der Waals surface area contributed by atoms with E-state index in [1.165, 1.54) is 14.1 Å². The van der Waals surface area contributed by atoms with Gasteiger partial charge in [-0.3, -0.25) is 18.7 Å². The first-order chi connectivity index (χ1) is 16.6. The highest BCUT2D eigenvalue weighted by atomic mass is 32.2. The second-order valence-electron chi connectivity index (χ2n) is 7.83. The zero-order chi connectivity index (χ0) is 25.3. The Morgan fingerprint density at radius 2 is 1.74 bits per heavy atom. The molecule has 2 heterocycles. The highest BCUT2D eigenvalue weighted by Crippen LogP contribution is 2.15. The summed E-state index contributed by atoms with van der Waals surface area (Å²) in [5.74, 6) is 5.53. The molecule has 0 spiro atoms. The minimum atomic E-state index is -3.74. The highest BCUT2D eigenvalue weighted by molar-refractivity contribution is 7.90. The van der Waals surface area contributed by atoms with E-state index < -0.39 is 21.1 Å². The quantitative estimate of drug-likeness (QED) is 0.427. The average molecular weight is 492 g/mol. The molecule has 0 aliphatic heterocycles. The first-order valence-corrected chi connectivity index (χ1v) is 12.3. The van der Waals surface area contributed by atoms with Gasteiger partial charge in [0.2, 0.25) is 15.0 Å². The number of nitrogens with one attached hydrogen (secondary N) is 1. The zero-order valence-electron chi connectivity index (χ0n) is 19.1. The number of sulfone groups is 1. The maximum atomic E-state index is 12.7. The van der Waals surface area contributed by atoms with Gasteiger partial charge in [0.25, 0.3) is 11.5 Å². The molecule has 1 amide bonds. The van der Waals surface area contributed by atoms with Crippen molar-refractivity contribution in [3.8, 4) is 11.8 Å². The van der Waals surface area contributed by atoms with Gasteiger partial charge in [0.15, 0.2) is 11.2 Å². The van der Waals surface area contributed by atoms with Crippen molar-refractivity contribution in [3.05, 3.63) is 86.6 Å². The molecule has 0 bridgehead atoms.